The van der Waals surface area contributed by atoms with Gasteiger partial charge in [-0.15, -0.1) is 0 Å². The van der Waals surface area contributed by atoms with E-state index < -0.39 is 0 Å². The average molecular weight is 219 g/mol. The molecule has 0 radical (unpaired) electrons. The zero-order valence-electron chi connectivity index (χ0n) is 10.4. The Labute approximate surface area is 98.5 Å². The van der Waals surface area contributed by atoms with Crippen molar-refractivity contribution in [1.29, 1.82) is 5.26 Å². The lowest BCUT2D eigenvalue weighted by atomic mass is 10.0. The highest BCUT2D eigenvalue weighted by atomic mass is 14.8. The SMILES string of the molecule is CCC(C#N)c1ccccn1.CCNCC. The van der Waals surface area contributed by atoms with Crippen molar-refractivity contribution in [2.75, 3.05) is 13.1 Å². The van der Waals surface area contributed by atoms with Crippen LogP contribution in [0, 0.1) is 11.3 Å². The first-order valence-electron chi connectivity index (χ1n) is 5.81. The van der Waals surface area contributed by atoms with Gasteiger partial charge in [-0.05, 0) is 31.6 Å². The fraction of sp³-hybridized carbons (Fsp3) is 0.538. The van der Waals surface area contributed by atoms with Gasteiger partial charge < -0.3 is 5.32 Å². The van der Waals surface area contributed by atoms with Crippen LogP contribution >= 0.6 is 0 Å². The topological polar surface area (TPSA) is 48.7 Å². The van der Waals surface area contributed by atoms with E-state index in [-0.39, 0.29) is 5.92 Å². The second-order valence-corrected chi connectivity index (χ2v) is 3.30. The molecule has 88 valence electrons. The van der Waals surface area contributed by atoms with Crippen LogP contribution in [0.4, 0.5) is 0 Å². The summed E-state index contributed by atoms with van der Waals surface area (Å²) < 4.78 is 0. The van der Waals surface area contributed by atoms with Gasteiger partial charge in [0.25, 0.3) is 0 Å². The van der Waals surface area contributed by atoms with E-state index in [0.29, 0.717) is 0 Å². The van der Waals surface area contributed by atoms with Crippen molar-refractivity contribution in [3.63, 3.8) is 0 Å². The minimum Gasteiger partial charge on any atom is -0.317 e. The van der Waals surface area contributed by atoms with Crippen molar-refractivity contribution in [3.05, 3.63) is 30.1 Å². The van der Waals surface area contributed by atoms with Gasteiger partial charge in [-0.3, -0.25) is 4.98 Å². The van der Waals surface area contributed by atoms with Crippen molar-refractivity contribution >= 4 is 0 Å². The molecule has 1 aromatic heterocycles. The first-order valence-corrected chi connectivity index (χ1v) is 5.81. The highest BCUT2D eigenvalue weighted by molar-refractivity contribution is 5.15. The summed E-state index contributed by atoms with van der Waals surface area (Å²) in [4.78, 5) is 4.10. The van der Waals surface area contributed by atoms with Crippen LogP contribution in [0.5, 0.6) is 0 Å². The van der Waals surface area contributed by atoms with Gasteiger partial charge in [-0.2, -0.15) is 5.26 Å². The molecule has 0 amide bonds. The quantitative estimate of drug-likeness (QED) is 0.847. The molecule has 0 aliphatic carbocycles. The van der Waals surface area contributed by atoms with E-state index in [4.69, 9.17) is 5.26 Å². The molecule has 1 N–H and O–H groups in total. The number of hydrogen-bond acceptors (Lipinski definition) is 3. The van der Waals surface area contributed by atoms with Crippen molar-refractivity contribution in [2.45, 2.75) is 33.1 Å². The predicted molar refractivity (Wildman–Crippen MR) is 67.1 cm³/mol. The maximum atomic E-state index is 8.69. The Balaban J connectivity index is 0.000000385. The standard InChI is InChI=1S/C9H10N2.C4H11N/c1-2-8(7-10)9-5-3-4-6-11-9;1-3-5-4-2/h3-6,8H,2H2,1H3;5H,3-4H2,1-2H3. The summed E-state index contributed by atoms with van der Waals surface area (Å²) in [5.41, 5.74) is 0.873. The molecule has 0 aliphatic rings. The third-order valence-corrected chi connectivity index (χ3v) is 2.11. The Morgan fingerprint density at radius 2 is 2.00 bits per heavy atom. The third-order valence-electron chi connectivity index (χ3n) is 2.11. The molecule has 1 rings (SSSR count). The van der Waals surface area contributed by atoms with E-state index in [0.717, 1.165) is 25.2 Å². The van der Waals surface area contributed by atoms with E-state index in [9.17, 15) is 0 Å². The Morgan fingerprint density at radius 1 is 1.31 bits per heavy atom. The zero-order chi connectivity index (χ0) is 12.2. The molecule has 1 aromatic rings. The molecule has 1 atom stereocenters. The first-order chi connectivity index (χ1) is 7.79. The Hall–Kier alpha value is -1.40. The molecule has 3 nitrogen and oxygen atoms in total. The summed E-state index contributed by atoms with van der Waals surface area (Å²) in [6.45, 7) is 8.38. The molecule has 0 spiro atoms. The number of nitriles is 1. The third kappa shape index (κ3) is 6.15. The largest absolute Gasteiger partial charge is 0.317 e. The molecule has 3 heteroatoms. The Morgan fingerprint density at radius 3 is 2.31 bits per heavy atom. The van der Waals surface area contributed by atoms with Crippen molar-refractivity contribution in [1.82, 2.24) is 10.3 Å². The predicted octanol–water partition coefficient (Wildman–Crippen LogP) is 2.71. The van der Waals surface area contributed by atoms with Gasteiger partial charge >= 0.3 is 0 Å². The van der Waals surface area contributed by atoms with Crippen LogP contribution in [0.1, 0.15) is 38.8 Å². The minimum atomic E-state index is -0.0452. The first kappa shape index (κ1) is 14.6. The summed E-state index contributed by atoms with van der Waals surface area (Å²) in [7, 11) is 0. The molecular weight excluding hydrogens is 198 g/mol. The van der Waals surface area contributed by atoms with Crippen LogP contribution in [0.2, 0.25) is 0 Å². The molecular formula is C13H21N3. The maximum Gasteiger partial charge on any atom is 0.0882 e. The molecule has 0 fully saturated rings. The van der Waals surface area contributed by atoms with Crippen molar-refractivity contribution < 1.29 is 0 Å². The summed E-state index contributed by atoms with van der Waals surface area (Å²) in [5.74, 6) is -0.0452. The summed E-state index contributed by atoms with van der Waals surface area (Å²) in [5, 5.41) is 11.8. The highest BCUT2D eigenvalue weighted by Crippen LogP contribution is 2.14. The van der Waals surface area contributed by atoms with Gasteiger partial charge in [0.15, 0.2) is 0 Å². The lowest BCUT2D eigenvalue weighted by molar-refractivity contribution is 0.762. The fourth-order valence-electron chi connectivity index (χ4n) is 1.20. The molecule has 0 bridgehead atoms. The molecule has 1 heterocycles. The van der Waals surface area contributed by atoms with Crippen molar-refractivity contribution in [2.24, 2.45) is 0 Å². The summed E-state index contributed by atoms with van der Waals surface area (Å²) in [6, 6.07) is 7.85. The van der Waals surface area contributed by atoms with Gasteiger partial charge in [-0.25, -0.2) is 0 Å². The molecule has 0 aromatic carbocycles. The lowest BCUT2D eigenvalue weighted by Gasteiger charge is -2.02. The van der Waals surface area contributed by atoms with Crippen LogP contribution in [-0.4, -0.2) is 18.1 Å². The number of aromatic nitrogens is 1. The smallest absolute Gasteiger partial charge is 0.0882 e. The molecule has 1 unspecified atom stereocenters. The molecule has 0 saturated carbocycles. The van der Waals surface area contributed by atoms with E-state index >= 15 is 0 Å². The van der Waals surface area contributed by atoms with Gasteiger partial charge in [0.1, 0.15) is 0 Å². The fourth-order valence-corrected chi connectivity index (χ4v) is 1.20. The molecule has 0 aliphatic heterocycles. The second-order valence-electron chi connectivity index (χ2n) is 3.30. The monoisotopic (exact) mass is 219 g/mol. The van der Waals surface area contributed by atoms with E-state index in [1.165, 1.54) is 0 Å². The number of rotatable bonds is 4. The van der Waals surface area contributed by atoms with Gasteiger partial charge in [-0.1, -0.05) is 26.8 Å². The highest BCUT2D eigenvalue weighted by Gasteiger charge is 2.06. The maximum absolute atomic E-state index is 8.69. The van der Waals surface area contributed by atoms with Gasteiger partial charge in [0.2, 0.25) is 0 Å². The van der Waals surface area contributed by atoms with Crippen LogP contribution in [0.3, 0.4) is 0 Å². The summed E-state index contributed by atoms with van der Waals surface area (Å²) >= 11 is 0. The number of nitrogens with one attached hydrogen (secondary N) is 1. The number of nitrogens with zero attached hydrogens (tertiary/aromatic N) is 2. The van der Waals surface area contributed by atoms with E-state index in [2.05, 4.69) is 30.2 Å². The normalized spacial score (nSPS) is 10.9. The Bertz CT molecular complexity index is 288. The molecule has 16 heavy (non-hydrogen) atoms. The second kappa shape index (κ2) is 10.1. The van der Waals surface area contributed by atoms with Crippen molar-refractivity contribution in [3.8, 4) is 6.07 Å². The number of hydrogen-bond donors (Lipinski definition) is 1. The average Bonchev–Trinajstić information content (AvgIpc) is 2.34. The van der Waals surface area contributed by atoms with Gasteiger partial charge in [0.05, 0.1) is 17.7 Å². The molecule has 0 saturated heterocycles. The van der Waals surface area contributed by atoms with Crippen LogP contribution in [0.25, 0.3) is 0 Å². The van der Waals surface area contributed by atoms with Gasteiger partial charge in [0, 0.05) is 6.20 Å². The zero-order valence-corrected chi connectivity index (χ0v) is 10.4. The number of pyridine rings is 1. The van der Waals surface area contributed by atoms with Crippen LogP contribution in [0.15, 0.2) is 24.4 Å². The van der Waals surface area contributed by atoms with E-state index in [1.807, 2.05) is 25.1 Å². The summed E-state index contributed by atoms with van der Waals surface area (Å²) in [6.07, 6.45) is 2.54. The van der Waals surface area contributed by atoms with Crippen LogP contribution < -0.4 is 5.32 Å². The Kier molecular flexibility index (Phi) is 9.24. The minimum absolute atomic E-state index is 0.0452. The lowest BCUT2D eigenvalue weighted by Crippen LogP contribution is -2.09. The van der Waals surface area contributed by atoms with Crippen LogP contribution in [-0.2, 0) is 0 Å². The van der Waals surface area contributed by atoms with E-state index in [1.54, 1.807) is 6.20 Å².